The summed E-state index contributed by atoms with van der Waals surface area (Å²) in [5, 5.41) is 1.66. The number of amides is 1. The van der Waals surface area contributed by atoms with Gasteiger partial charge in [0.15, 0.2) is 0 Å². The minimum atomic E-state index is -2.00. The lowest BCUT2D eigenvalue weighted by Gasteiger charge is -2.38. The van der Waals surface area contributed by atoms with Crippen LogP contribution in [0, 0.1) is 11.5 Å². The standard InChI is InChI=1S/C32H48BNO4Si/c1-20(2)39(21(3)4,22(5)6)18-17-23-15-14-16-24-27(23)26(33-37-31(10,11)32(12,13)38-33)19-25(30(7,8)9)28(24)36-29(34)35/h14-16,19-22H,1-13H3,(H2,34,35). The molecule has 0 unspecified atom stereocenters. The predicted octanol–water partition coefficient (Wildman–Crippen LogP) is 7.46. The highest BCUT2D eigenvalue weighted by atomic mass is 28.3. The van der Waals surface area contributed by atoms with Crippen LogP contribution in [-0.4, -0.2) is 32.5 Å². The Kier molecular flexibility index (Phi) is 8.51. The summed E-state index contributed by atoms with van der Waals surface area (Å²) in [4.78, 5) is 12.1. The molecule has 1 amide bonds. The van der Waals surface area contributed by atoms with Crippen molar-refractivity contribution in [3.63, 3.8) is 0 Å². The number of carbonyl (C=O) groups excluding carboxylic acids is 1. The number of hydrogen-bond acceptors (Lipinski definition) is 4. The predicted molar refractivity (Wildman–Crippen MR) is 167 cm³/mol. The third-order valence-electron chi connectivity index (χ3n) is 8.94. The molecule has 0 bridgehead atoms. The Morgan fingerprint density at radius 1 is 0.974 bits per heavy atom. The first kappa shape index (κ1) is 31.3. The Balaban J connectivity index is 2.47. The van der Waals surface area contributed by atoms with Crippen LogP contribution in [0.25, 0.3) is 10.8 Å². The average Bonchev–Trinajstić information content (AvgIpc) is 2.99. The quantitative estimate of drug-likeness (QED) is 0.310. The number of rotatable bonds is 5. The van der Waals surface area contributed by atoms with E-state index < -0.39 is 32.5 Å². The zero-order valence-electron chi connectivity index (χ0n) is 26.3. The largest absolute Gasteiger partial charge is 0.495 e. The van der Waals surface area contributed by atoms with Crippen molar-refractivity contribution in [2.45, 2.75) is 123 Å². The summed E-state index contributed by atoms with van der Waals surface area (Å²) in [6.45, 7) is 28.4. The lowest BCUT2D eigenvalue weighted by atomic mass is 9.71. The Morgan fingerprint density at radius 3 is 1.92 bits per heavy atom. The van der Waals surface area contributed by atoms with E-state index in [0.717, 1.165) is 27.4 Å². The number of nitrogens with two attached hydrogens (primary N) is 1. The van der Waals surface area contributed by atoms with Crippen molar-refractivity contribution >= 4 is 37.5 Å². The minimum Gasteiger partial charge on any atom is -0.410 e. The topological polar surface area (TPSA) is 70.8 Å². The molecule has 0 aromatic heterocycles. The van der Waals surface area contributed by atoms with Crippen LogP contribution in [0.15, 0.2) is 24.3 Å². The van der Waals surface area contributed by atoms with Gasteiger partial charge in [0.1, 0.15) is 13.8 Å². The highest BCUT2D eigenvalue weighted by Crippen LogP contribution is 2.43. The third kappa shape index (κ3) is 5.66. The van der Waals surface area contributed by atoms with Gasteiger partial charge in [-0.2, -0.15) is 0 Å². The van der Waals surface area contributed by atoms with E-state index in [4.69, 9.17) is 19.8 Å². The molecule has 39 heavy (non-hydrogen) atoms. The van der Waals surface area contributed by atoms with Crippen molar-refractivity contribution < 1.29 is 18.8 Å². The lowest BCUT2D eigenvalue weighted by molar-refractivity contribution is 0.00578. The van der Waals surface area contributed by atoms with Crippen LogP contribution in [0.1, 0.15) is 101 Å². The molecule has 0 spiro atoms. The molecular weight excluding hydrogens is 501 g/mol. The van der Waals surface area contributed by atoms with Crippen LogP contribution in [0.2, 0.25) is 16.6 Å². The fourth-order valence-electron chi connectivity index (χ4n) is 6.13. The van der Waals surface area contributed by atoms with Gasteiger partial charge in [-0.3, -0.25) is 0 Å². The van der Waals surface area contributed by atoms with Gasteiger partial charge in [-0.25, -0.2) is 4.79 Å². The number of carbonyl (C=O) groups is 1. The lowest BCUT2D eigenvalue weighted by Crippen LogP contribution is -2.43. The summed E-state index contributed by atoms with van der Waals surface area (Å²) in [7, 11) is -2.61. The molecule has 1 aliphatic rings. The monoisotopic (exact) mass is 549 g/mol. The fraction of sp³-hybridized carbons (Fsp3) is 0.594. The molecule has 212 valence electrons. The van der Waals surface area contributed by atoms with E-state index in [1.165, 1.54) is 0 Å². The second-order valence-electron chi connectivity index (χ2n) is 14.0. The molecule has 1 saturated heterocycles. The van der Waals surface area contributed by atoms with E-state index in [0.29, 0.717) is 22.4 Å². The van der Waals surface area contributed by atoms with E-state index in [1.807, 2.05) is 12.1 Å². The van der Waals surface area contributed by atoms with Gasteiger partial charge in [0, 0.05) is 21.9 Å². The van der Waals surface area contributed by atoms with Crippen LogP contribution in [0.4, 0.5) is 4.79 Å². The van der Waals surface area contributed by atoms with Gasteiger partial charge in [-0.1, -0.05) is 86.4 Å². The number of fused-ring (bicyclic) bond motifs is 1. The van der Waals surface area contributed by atoms with Gasteiger partial charge in [-0.15, -0.1) is 5.54 Å². The molecule has 2 N–H and O–H groups in total. The SMILES string of the molecule is CC(C)[Si](C#Cc1cccc2c(OC(N)=O)c(C(C)(C)C)cc(B3OC(C)(C)C(C)(C)O3)c12)(C(C)C)C(C)C. The zero-order chi connectivity index (χ0) is 29.7. The molecule has 2 aromatic carbocycles. The Morgan fingerprint density at radius 2 is 1.49 bits per heavy atom. The van der Waals surface area contributed by atoms with E-state index in [-0.39, 0.29) is 5.41 Å². The van der Waals surface area contributed by atoms with Crippen molar-refractivity contribution in [3.05, 3.63) is 35.4 Å². The first-order valence-electron chi connectivity index (χ1n) is 14.2. The van der Waals surface area contributed by atoms with E-state index in [1.54, 1.807) is 0 Å². The molecule has 0 atom stereocenters. The van der Waals surface area contributed by atoms with E-state index in [2.05, 4.69) is 114 Å². The van der Waals surface area contributed by atoms with Gasteiger partial charge >= 0.3 is 13.2 Å². The normalized spacial score (nSPS) is 17.2. The van der Waals surface area contributed by atoms with Crippen LogP contribution in [0.3, 0.4) is 0 Å². The summed E-state index contributed by atoms with van der Waals surface area (Å²) in [6, 6.07) is 8.06. The average molecular weight is 550 g/mol. The third-order valence-corrected chi connectivity index (χ3v) is 15.2. The van der Waals surface area contributed by atoms with Crippen LogP contribution < -0.4 is 15.9 Å². The maximum absolute atomic E-state index is 12.1. The summed E-state index contributed by atoms with van der Waals surface area (Å²) in [5.41, 5.74) is 12.2. The van der Waals surface area contributed by atoms with Crippen molar-refractivity contribution in [2.24, 2.45) is 5.73 Å². The second kappa shape index (κ2) is 10.6. The van der Waals surface area contributed by atoms with Gasteiger partial charge in [0.25, 0.3) is 0 Å². The molecule has 0 saturated carbocycles. The summed E-state index contributed by atoms with van der Waals surface area (Å²) >= 11 is 0. The molecule has 3 rings (SSSR count). The molecule has 2 aromatic rings. The number of hydrogen-bond donors (Lipinski definition) is 1. The first-order valence-corrected chi connectivity index (χ1v) is 16.5. The molecule has 0 radical (unpaired) electrons. The number of ether oxygens (including phenoxy) is 1. The fourth-order valence-corrected chi connectivity index (χ4v) is 11.3. The molecular formula is C32H48BNO4Si. The van der Waals surface area contributed by atoms with E-state index in [9.17, 15) is 4.79 Å². The first-order chi connectivity index (χ1) is 17.8. The van der Waals surface area contributed by atoms with Crippen molar-refractivity contribution in [1.29, 1.82) is 0 Å². The smallest absolute Gasteiger partial charge is 0.410 e. The van der Waals surface area contributed by atoms with Gasteiger partial charge in [0.05, 0.1) is 11.2 Å². The van der Waals surface area contributed by atoms with Crippen LogP contribution >= 0.6 is 0 Å². The highest BCUT2D eigenvalue weighted by molar-refractivity contribution is 6.90. The molecule has 1 aliphatic heterocycles. The number of benzene rings is 2. The second-order valence-corrected chi connectivity index (χ2v) is 19.6. The van der Waals surface area contributed by atoms with Gasteiger partial charge in [0.2, 0.25) is 0 Å². The van der Waals surface area contributed by atoms with Crippen LogP contribution in [-0.2, 0) is 14.7 Å². The van der Waals surface area contributed by atoms with Crippen molar-refractivity contribution in [2.75, 3.05) is 0 Å². The highest BCUT2D eigenvalue weighted by Gasteiger charge is 2.52. The summed E-state index contributed by atoms with van der Waals surface area (Å²) in [5.74, 6) is 4.11. The Labute approximate surface area is 237 Å². The molecule has 1 fully saturated rings. The van der Waals surface area contributed by atoms with Gasteiger partial charge < -0.3 is 19.8 Å². The molecule has 7 heteroatoms. The Hall–Kier alpha value is -2.27. The zero-order valence-corrected chi connectivity index (χ0v) is 27.3. The molecule has 5 nitrogen and oxygen atoms in total. The minimum absolute atomic E-state index is 0.339. The maximum atomic E-state index is 12.1. The van der Waals surface area contributed by atoms with Gasteiger partial charge in [-0.05, 0) is 61.3 Å². The van der Waals surface area contributed by atoms with Crippen molar-refractivity contribution in [3.8, 4) is 17.2 Å². The Bertz CT molecular complexity index is 1270. The molecule has 0 aliphatic carbocycles. The van der Waals surface area contributed by atoms with E-state index >= 15 is 0 Å². The van der Waals surface area contributed by atoms with Crippen LogP contribution in [0.5, 0.6) is 5.75 Å². The summed E-state index contributed by atoms with van der Waals surface area (Å²) < 4.78 is 18.9. The number of primary amides is 1. The maximum Gasteiger partial charge on any atom is 0.495 e. The summed E-state index contributed by atoms with van der Waals surface area (Å²) in [6.07, 6.45) is -0.840. The van der Waals surface area contributed by atoms with Crippen molar-refractivity contribution in [1.82, 2.24) is 0 Å². The molecule has 1 heterocycles.